The predicted octanol–water partition coefficient (Wildman–Crippen LogP) is 1.77. The van der Waals surface area contributed by atoms with Crippen molar-refractivity contribution in [2.24, 2.45) is 0 Å². The Bertz CT molecular complexity index is 320. The lowest BCUT2D eigenvalue weighted by atomic mass is 10.2. The Morgan fingerprint density at radius 1 is 1.23 bits per heavy atom. The minimum absolute atomic E-state index is 0.611. The van der Waals surface area contributed by atoms with Gasteiger partial charge in [0.2, 0.25) is 0 Å². The largest absolute Gasteiger partial charge is 0.497 e. The van der Waals surface area contributed by atoms with Crippen LogP contribution in [0.5, 0.6) is 17.2 Å². The number of aryl methyl sites for hydroxylation is 1. The van der Waals surface area contributed by atoms with E-state index in [-0.39, 0.29) is 0 Å². The molecule has 1 heterocycles. The van der Waals surface area contributed by atoms with E-state index in [9.17, 15) is 0 Å². The molecule has 0 fully saturated rings. The van der Waals surface area contributed by atoms with Gasteiger partial charge < -0.3 is 14.2 Å². The van der Waals surface area contributed by atoms with Crippen LogP contribution in [-0.2, 0) is 0 Å². The normalized spacial score (nSPS) is 14.0. The third-order valence-electron chi connectivity index (χ3n) is 2.04. The maximum Gasteiger partial charge on any atom is 0.165 e. The third-order valence-corrected chi connectivity index (χ3v) is 2.04. The van der Waals surface area contributed by atoms with Crippen LogP contribution in [0.25, 0.3) is 0 Å². The standard InChI is InChI=1S/C10H12O3/c1-7-5-8(11-2)6-9-10(7)13-4-3-12-9/h5-6H,3-4H2,1-2H3. The van der Waals surface area contributed by atoms with Crippen LogP contribution in [0.1, 0.15) is 5.56 Å². The highest BCUT2D eigenvalue weighted by molar-refractivity contribution is 5.51. The summed E-state index contributed by atoms with van der Waals surface area (Å²) in [6.45, 7) is 3.22. The Labute approximate surface area is 77.2 Å². The van der Waals surface area contributed by atoms with Crippen LogP contribution in [0, 0.1) is 6.92 Å². The third kappa shape index (κ3) is 1.41. The van der Waals surface area contributed by atoms with Crippen LogP contribution in [0.4, 0.5) is 0 Å². The van der Waals surface area contributed by atoms with E-state index >= 15 is 0 Å². The zero-order chi connectivity index (χ0) is 9.26. The second-order valence-electron chi connectivity index (χ2n) is 2.97. The minimum Gasteiger partial charge on any atom is -0.497 e. The van der Waals surface area contributed by atoms with E-state index in [1.807, 2.05) is 19.1 Å². The predicted molar refractivity (Wildman–Crippen MR) is 48.7 cm³/mol. The van der Waals surface area contributed by atoms with Gasteiger partial charge >= 0.3 is 0 Å². The number of benzene rings is 1. The van der Waals surface area contributed by atoms with Crippen molar-refractivity contribution in [3.8, 4) is 17.2 Å². The molecule has 0 spiro atoms. The summed E-state index contributed by atoms with van der Waals surface area (Å²) in [4.78, 5) is 0. The molecule has 0 saturated heterocycles. The number of ether oxygens (including phenoxy) is 3. The molecule has 0 bridgehead atoms. The molecule has 2 rings (SSSR count). The summed E-state index contributed by atoms with van der Waals surface area (Å²) in [5, 5.41) is 0. The molecule has 13 heavy (non-hydrogen) atoms. The van der Waals surface area contributed by atoms with Crippen LogP contribution < -0.4 is 14.2 Å². The summed E-state index contributed by atoms with van der Waals surface area (Å²) < 4.78 is 16.0. The first-order valence-corrected chi connectivity index (χ1v) is 4.25. The fraction of sp³-hybridized carbons (Fsp3) is 0.400. The first-order chi connectivity index (χ1) is 6.31. The Morgan fingerprint density at radius 3 is 2.77 bits per heavy atom. The summed E-state index contributed by atoms with van der Waals surface area (Å²) in [7, 11) is 1.64. The van der Waals surface area contributed by atoms with Crippen molar-refractivity contribution < 1.29 is 14.2 Å². The molecule has 70 valence electrons. The van der Waals surface area contributed by atoms with E-state index in [1.54, 1.807) is 7.11 Å². The molecule has 0 atom stereocenters. The van der Waals surface area contributed by atoms with Crippen molar-refractivity contribution in [2.45, 2.75) is 6.92 Å². The lowest BCUT2D eigenvalue weighted by Crippen LogP contribution is -2.16. The first-order valence-electron chi connectivity index (χ1n) is 4.25. The maximum absolute atomic E-state index is 5.47. The van der Waals surface area contributed by atoms with Crippen molar-refractivity contribution in [3.05, 3.63) is 17.7 Å². The van der Waals surface area contributed by atoms with E-state index < -0.39 is 0 Å². The summed E-state index contributed by atoms with van der Waals surface area (Å²) >= 11 is 0. The molecule has 1 aromatic carbocycles. The van der Waals surface area contributed by atoms with Crippen molar-refractivity contribution >= 4 is 0 Å². The lowest BCUT2D eigenvalue weighted by Gasteiger charge is -2.20. The van der Waals surface area contributed by atoms with Gasteiger partial charge in [0.05, 0.1) is 7.11 Å². The van der Waals surface area contributed by atoms with Gasteiger partial charge in [-0.15, -0.1) is 0 Å². The summed E-state index contributed by atoms with van der Waals surface area (Å²) in [5.74, 6) is 2.43. The molecule has 0 radical (unpaired) electrons. The fourth-order valence-corrected chi connectivity index (χ4v) is 1.42. The zero-order valence-electron chi connectivity index (χ0n) is 7.79. The SMILES string of the molecule is COc1cc(C)c2c(c1)OCCO2. The van der Waals surface area contributed by atoms with Crippen molar-refractivity contribution in [2.75, 3.05) is 20.3 Å². The van der Waals surface area contributed by atoms with Gasteiger partial charge in [-0.1, -0.05) is 0 Å². The molecule has 3 heteroatoms. The summed E-state index contributed by atoms with van der Waals surface area (Å²) in [6, 6.07) is 3.79. The average molecular weight is 180 g/mol. The van der Waals surface area contributed by atoms with Gasteiger partial charge in [-0.05, 0) is 18.6 Å². The van der Waals surface area contributed by atoms with Crippen LogP contribution in [0.2, 0.25) is 0 Å². The van der Waals surface area contributed by atoms with E-state index in [2.05, 4.69) is 0 Å². The lowest BCUT2D eigenvalue weighted by molar-refractivity contribution is 0.169. The molecule has 0 aliphatic carbocycles. The minimum atomic E-state index is 0.611. The molecule has 0 amide bonds. The highest BCUT2D eigenvalue weighted by Gasteiger charge is 2.15. The monoisotopic (exact) mass is 180 g/mol. The van der Waals surface area contributed by atoms with Crippen LogP contribution in [0.3, 0.4) is 0 Å². The summed E-state index contributed by atoms with van der Waals surface area (Å²) in [6.07, 6.45) is 0. The Morgan fingerprint density at radius 2 is 2.00 bits per heavy atom. The number of hydrogen-bond donors (Lipinski definition) is 0. The van der Waals surface area contributed by atoms with Crippen molar-refractivity contribution in [3.63, 3.8) is 0 Å². The number of hydrogen-bond acceptors (Lipinski definition) is 3. The molecular formula is C10H12O3. The van der Waals surface area contributed by atoms with Crippen LogP contribution >= 0.6 is 0 Å². The van der Waals surface area contributed by atoms with Gasteiger partial charge in [0.15, 0.2) is 11.5 Å². The number of fused-ring (bicyclic) bond motifs is 1. The smallest absolute Gasteiger partial charge is 0.165 e. The van der Waals surface area contributed by atoms with Crippen molar-refractivity contribution in [1.29, 1.82) is 0 Å². The second kappa shape index (κ2) is 3.17. The van der Waals surface area contributed by atoms with Gasteiger partial charge in [0.25, 0.3) is 0 Å². The number of rotatable bonds is 1. The average Bonchev–Trinajstić information content (AvgIpc) is 2.18. The Balaban J connectivity index is 2.47. The van der Waals surface area contributed by atoms with Crippen LogP contribution in [-0.4, -0.2) is 20.3 Å². The van der Waals surface area contributed by atoms with Gasteiger partial charge in [-0.3, -0.25) is 0 Å². The second-order valence-corrected chi connectivity index (χ2v) is 2.97. The molecule has 1 aliphatic rings. The molecule has 1 aliphatic heterocycles. The molecule has 0 N–H and O–H groups in total. The fourth-order valence-electron chi connectivity index (χ4n) is 1.42. The molecule has 3 nitrogen and oxygen atoms in total. The van der Waals surface area contributed by atoms with Gasteiger partial charge in [0, 0.05) is 6.07 Å². The van der Waals surface area contributed by atoms with E-state index in [0.29, 0.717) is 13.2 Å². The highest BCUT2D eigenvalue weighted by Crippen LogP contribution is 2.36. The molecular weight excluding hydrogens is 168 g/mol. The maximum atomic E-state index is 5.47. The van der Waals surface area contributed by atoms with Crippen LogP contribution in [0.15, 0.2) is 12.1 Å². The zero-order valence-corrected chi connectivity index (χ0v) is 7.79. The molecule has 0 saturated carbocycles. The van der Waals surface area contributed by atoms with Gasteiger partial charge in [-0.25, -0.2) is 0 Å². The van der Waals surface area contributed by atoms with Crippen molar-refractivity contribution in [1.82, 2.24) is 0 Å². The molecule has 0 unspecified atom stereocenters. The van der Waals surface area contributed by atoms with Gasteiger partial charge in [0.1, 0.15) is 19.0 Å². The quantitative estimate of drug-likeness (QED) is 0.659. The molecule has 0 aromatic heterocycles. The highest BCUT2D eigenvalue weighted by atomic mass is 16.6. The molecule has 1 aromatic rings. The van der Waals surface area contributed by atoms with E-state index in [4.69, 9.17) is 14.2 Å². The summed E-state index contributed by atoms with van der Waals surface area (Å²) in [5.41, 5.74) is 1.05. The first kappa shape index (κ1) is 8.23. The Kier molecular flexibility index (Phi) is 2.00. The van der Waals surface area contributed by atoms with E-state index in [0.717, 1.165) is 22.8 Å². The van der Waals surface area contributed by atoms with E-state index in [1.165, 1.54) is 0 Å². The Hall–Kier alpha value is -1.38. The topological polar surface area (TPSA) is 27.7 Å². The number of methoxy groups -OCH3 is 1. The van der Waals surface area contributed by atoms with Gasteiger partial charge in [-0.2, -0.15) is 0 Å².